The second-order valence-corrected chi connectivity index (χ2v) is 18.1. The highest BCUT2D eigenvalue weighted by atomic mass is 28.4. The first-order valence-electron chi connectivity index (χ1n) is 20.8. The fourth-order valence-electron chi connectivity index (χ4n) is 8.91. The first kappa shape index (κ1) is 38.1. The molecule has 15 heteroatoms. The predicted octanol–water partition coefficient (Wildman–Crippen LogP) is 6.96. The minimum Gasteiger partial charge on any atom is -0.497 e. The molecule has 12 rings (SSSR count). The minimum absolute atomic E-state index is 0.218. The van der Waals surface area contributed by atoms with Gasteiger partial charge in [0.2, 0.25) is 0 Å². The van der Waals surface area contributed by atoms with E-state index in [2.05, 4.69) is 0 Å². The number of carbonyl (C=O) groups is 2. The van der Waals surface area contributed by atoms with Gasteiger partial charge in [0.15, 0.2) is 23.3 Å². The van der Waals surface area contributed by atoms with Crippen LogP contribution in [0.25, 0.3) is 21.5 Å². The summed E-state index contributed by atoms with van der Waals surface area (Å²) in [5.74, 6) is 1.75. The quantitative estimate of drug-likeness (QED) is 0.151. The van der Waals surface area contributed by atoms with Gasteiger partial charge >= 0.3 is 20.8 Å². The normalized spacial score (nSPS) is 14.7. The zero-order valence-corrected chi connectivity index (χ0v) is 35.8. The van der Waals surface area contributed by atoms with Crippen molar-refractivity contribution < 1.29 is 27.9 Å². The van der Waals surface area contributed by atoms with Crippen LogP contribution in [0.2, 0.25) is 0 Å². The van der Waals surface area contributed by atoms with Gasteiger partial charge in [0.05, 0.1) is 27.1 Å². The van der Waals surface area contributed by atoms with Gasteiger partial charge in [0.1, 0.15) is 34.1 Å². The van der Waals surface area contributed by atoms with Crippen molar-refractivity contribution in [1.29, 1.82) is 0 Å². The standard InChI is InChI=1S/C50H34N8O6Si/c1-61-31-15-11-13-29(25-31)27-41(59)63-65(64-42(60)28-30-14-12-16-32(26-30)62-2)57-47-37-21-7-8-22-38(37)49(57)55-45-35-19-5-6-20-36(35)46(52-45)56-50-40-24-10-9-23-39(40)48(58(50)65)54-44-34-18-4-3-17-33(34)43(51-44)53-47/h3-26H,27-28H2,1-2H3. The van der Waals surface area contributed by atoms with Crippen LogP contribution in [0, 0.1) is 0 Å². The number of ether oxygens (including phenoxy) is 2. The molecular weight excluding hydrogens is 837 g/mol. The lowest BCUT2D eigenvalue weighted by molar-refractivity contribution is -0.141. The molecule has 0 radical (unpaired) electrons. The Kier molecular flexibility index (Phi) is 8.67. The van der Waals surface area contributed by atoms with Crippen molar-refractivity contribution in [3.05, 3.63) is 190 Å². The minimum atomic E-state index is -5.13. The second-order valence-electron chi connectivity index (χ2n) is 15.7. The molecule has 8 aromatic rings. The van der Waals surface area contributed by atoms with Crippen LogP contribution in [0.3, 0.4) is 0 Å². The number of nitrogens with zero attached hydrogens (tertiary/aromatic N) is 8. The molecule has 0 atom stereocenters. The van der Waals surface area contributed by atoms with Gasteiger partial charge < -0.3 is 18.3 Å². The largest absolute Gasteiger partial charge is 0.742 e. The van der Waals surface area contributed by atoms with E-state index in [0.717, 1.165) is 22.3 Å². The van der Waals surface area contributed by atoms with Crippen molar-refractivity contribution in [2.45, 2.75) is 12.8 Å². The highest BCUT2D eigenvalue weighted by Gasteiger charge is 2.59. The number of fused-ring (bicyclic) bond motifs is 14. The summed E-state index contributed by atoms with van der Waals surface area (Å²) in [5.41, 5.74) is 4.76. The summed E-state index contributed by atoms with van der Waals surface area (Å²) in [5, 5.41) is 2.53. The van der Waals surface area contributed by atoms with Crippen molar-refractivity contribution in [1.82, 2.24) is 8.47 Å². The van der Waals surface area contributed by atoms with Gasteiger partial charge in [-0.15, -0.1) is 0 Å². The van der Waals surface area contributed by atoms with Gasteiger partial charge in [-0.2, -0.15) is 0 Å². The number of hydrogen-bond acceptors (Lipinski definition) is 12. The molecule has 2 aromatic heterocycles. The summed E-state index contributed by atoms with van der Waals surface area (Å²) in [6, 6.07) is 45.1. The number of methoxy groups -OCH3 is 2. The molecule has 4 aliphatic heterocycles. The molecule has 4 aliphatic rings. The molecule has 6 bridgehead atoms. The Hall–Kier alpha value is -8.56. The maximum Gasteiger partial charge on any atom is 0.742 e. The fraction of sp³-hybridized carbons (Fsp3) is 0.0800. The average molecular weight is 871 g/mol. The van der Waals surface area contributed by atoms with Gasteiger partial charge in [0, 0.05) is 43.8 Å². The Labute approximate surface area is 370 Å². The molecule has 0 spiro atoms. The lowest BCUT2D eigenvalue weighted by Gasteiger charge is -2.32. The van der Waals surface area contributed by atoms with Crippen LogP contribution < -0.4 is 20.4 Å². The molecule has 0 N–H and O–H groups in total. The monoisotopic (exact) mass is 870 g/mol. The highest BCUT2D eigenvalue weighted by molar-refractivity contribution is 6.69. The number of amidine groups is 4. The molecule has 0 saturated carbocycles. The third-order valence-electron chi connectivity index (χ3n) is 11.8. The molecule has 65 heavy (non-hydrogen) atoms. The molecule has 14 nitrogen and oxygen atoms in total. The van der Waals surface area contributed by atoms with E-state index in [1.165, 1.54) is 0 Å². The molecule has 0 aliphatic carbocycles. The van der Waals surface area contributed by atoms with Crippen LogP contribution in [0.15, 0.2) is 176 Å². The van der Waals surface area contributed by atoms with E-state index < -0.39 is 20.8 Å². The zero-order chi connectivity index (χ0) is 43.8. The number of aromatic nitrogens is 2. The second kappa shape index (κ2) is 14.8. The summed E-state index contributed by atoms with van der Waals surface area (Å²) in [7, 11) is -2.00. The van der Waals surface area contributed by atoms with E-state index in [4.69, 9.17) is 48.3 Å². The Bertz CT molecular complexity index is 3430. The van der Waals surface area contributed by atoms with Crippen molar-refractivity contribution in [3.8, 4) is 11.5 Å². The van der Waals surface area contributed by atoms with E-state index in [0.29, 0.717) is 67.5 Å². The number of carbonyl (C=O) groups excluding carboxylic acids is 2. The van der Waals surface area contributed by atoms with E-state index in [-0.39, 0.29) is 35.5 Å². The van der Waals surface area contributed by atoms with Crippen molar-refractivity contribution in [3.63, 3.8) is 0 Å². The van der Waals surface area contributed by atoms with Crippen molar-refractivity contribution in [2.24, 2.45) is 30.0 Å². The summed E-state index contributed by atoms with van der Waals surface area (Å²) >= 11 is 0. The summed E-state index contributed by atoms with van der Waals surface area (Å²) < 4.78 is 28.7. The van der Waals surface area contributed by atoms with E-state index >= 15 is 9.59 Å². The first-order chi connectivity index (χ1) is 31.9. The summed E-state index contributed by atoms with van der Waals surface area (Å²) in [6.07, 6.45) is -0.437. The predicted molar refractivity (Wildman–Crippen MR) is 247 cm³/mol. The van der Waals surface area contributed by atoms with Crippen LogP contribution >= 0.6 is 0 Å². The van der Waals surface area contributed by atoms with Crippen LogP contribution in [0.1, 0.15) is 33.4 Å². The molecule has 0 unspecified atom stereocenters. The zero-order valence-electron chi connectivity index (χ0n) is 34.8. The number of aliphatic imine (C=N–C) groups is 4. The van der Waals surface area contributed by atoms with Gasteiger partial charge in [-0.3, -0.25) is 18.1 Å². The maximum atomic E-state index is 15.2. The SMILES string of the molecule is COc1cccc(CC(=O)O[Si]2(OC(=O)Cc3cccc(OC)c3)n3c4c5ccccc5c3N=C3N=C(N=c5c6ccccc6c(n52)=NC2=NC(=N4)c4ccccc42)c2ccccc23)c1. The molecule has 0 fully saturated rings. The Morgan fingerprint density at radius 1 is 0.446 bits per heavy atom. The third-order valence-corrected chi connectivity index (χ3v) is 14.7. The average Bonchev–Trinajstić information content (AvgIpc) is 4.05. The summed E-state index contributed by atoms with van der Waals surface area (Å²) in [4.78, 5) is 62.0. The lowest BCUT2D eigenvalue weighted by Crippen LogP contribution is -2.65. The van der Waals surface area contributed by atoms with Gasteiger partial charge in [0.25, 0.3) is 0 Å². The van der Waals surface area contributed by atoms with Gasteiger partial charge in [-0.25, -0.2) is 30.0 Å². The number of benzene rings is 6. The Morgan fingerprint density at radius 2 is 0.831 bits per heavy atom. The van der Waals surface area contributed by atoms with E-state index in [9.17, 15) is 0 Å². The van der Waals surface area contributed by atoms with Gasteiger partial charge in [-0.05, 0) is 35.4 Å². The van der Waals surface area contributed by atoms with Crippen LogP contribution in [0.4, 0.5) is 11.6 Å². The van der Waals surface area contributed by atoms with Crippen LogP contribution in [-0.4, -0.2) is 66.9 Å². The fourth-order valence-corrected chi connectivity index (χ4v) is 12.0. The van der Waals surface area contributed by atoms with E-state index in [1.807, 2.05) is 109 Å². The lowest BCUT2D eigenvalue weighted by atomic mass is 10.1. The topological polar surface area (TPSA) is 155 Å². The molecule has 6 heterocycles. The molecule has 6 aromatic carbocycles. The Morgan fingerprint density at radius 3 is 1.25 bits per heavy atom. The third kappa shape index (κ3) is 6.07. The smallest absolute Gasteiger partial charge is 0.497 e. The van der Waals surface area contributed by atoms with E-state index in [1.54, 1.807) is 59.1 Å². The molecule has 0 saturated heterocycles. The number of hydrogen-bond donors (Lipinski definition) is 0. The summed E-state index contributed by atoms with van der Waals surface area (Å²) in [6.45, 7) is 0. The maximum absolute atomic E-state index is 15.2. The first-order valence-corrected chi connectivity index (χ1v) is 22.6. The Balaban J connectivity index is 1.27. The van der Waals surface area contributed by atoms with Crippen molar-refractivity contribution in [2.75, 3.05) is 14.2 Å². The van der Waals surface area contributed by atoms with Gasteiger partial charge in [-0.1, -0.05) is 121 Å². The molecule has 0 amide bonds. The van der Waals surface area contributed by atoms with Crippen LogP contribution in [-0.2, 0) is 31.3 Å². The number of rotatable bonds is 8. The highest BCUT2D eigenvalue weighted by Crippen LogP contribution is 2.44. The van der Waals surface area contributed by atoms with Crippen molar-refractivity contribution >= 4 is 77.3 Å². The molecule has 314 valence electrons. The molecular formula is C50H34N8O6Si. The van der Waals surface area contributed by atoms with Crippen LogP contribution in [0.5, 0.6) is 11.5 Å².